The first-order valence-corrected chi connectivity index (χ1v) is 10.1. The quantitative estimate of drug-likeness (QED) is 0.666. The normalized spacial score (nSPS) is 19.0. The monoisotopic (exact) mass is 421 g/mol. The molecule has 1 atom stereocenters. The molecule has 0 unspecified atom stereocenters. The maximum Gasteiger partial charge on any atom is 0.274 e. The molecule has 1 aromatic heterocycles. The molecule has 0 saturated carbocycles. The second kappa shape index (κ2) is 8.83. The number of nitrogens with two attached hydrogens (primary N) is 1. The molecule has 1 amide bonds. The number of aliphatic imine (C=N–C) groups is 1. The molecule has 0 saturated heterocycles. The lowest BCUT2D eigenvalue weighted by Crippen LogP contribution is -2.30. The zero-order valence-corrected chi connectivity index (χ0v) is 17.4. The number of hydrogen-bond acceptors (Lipinski definition) is 7. The Morgan fingerprint density at radius 1 is 1.41 bits per heavy atom. The third-order valence-electron chi connectivity index (χ3n) is 4.63. The molecule has 0 fully saturated rings. The van der Waals surface area contributed by atoms with Gasteiger partial charge < -0.3 is 20.5 Å². The number of methoxy groups -OCH3 is 1. The summed E-state index contributed by atoms with van der Waals surface area (Å²) in [6, 6.07) is 5.98. The summed E-state index contributed by atoms with van der Waals surface area (Å²) in [6.07, 6.45) is 0.649. The Morgan fingerprint density at radius 2 is 2.21 bits per heavy atom. The van der Waals surface area contributed by atoms with Gasteiger partial charge in [-0.1, -0.05) is 11.8 Å². The average Bonchev–Trinajstić information content (AvgIpc) is 3.04. The van der Waals surface area contributed by atoms with E-state index in [1.807, 2.05) is 6.92 Å². The fraction of sp³-hybridized carbons (Fsp3) is 0.421. The van der Waals surface area contributed by atoms with Crippen LogP contribution in [-0.4, -0.2) is 46.9 Å². The van der Waals surface area contributed by atoms with Crippen LogP contribution in [0.25, 0.3) is 0 Å². The lowest BCUT2D eigenvalue weighted by Gasteiger charge is -2.30. The van der Waals surface area contributed by atoms with Crippen molar-refractivity contribution in [3.63, 3.8) is 0 Å². The Hall–Kier alpha value is -2.59. The maximum atomic E-state index is 14.5. The molecule has 3 N–H and O–H groups in total. The van der Waals surface area contributed by atoms with Crippen LogP contribution >= 0.6 is 11.8 Å². The van der Waals surface area contributed by atoms with Gasteiger partial charge in [-0.05, 0) is 31.5 Å². The van der Waals surface area contributed by atoms with Crippen molar-refractivity contribution in [1.29, 1.82) is 0 Å². The highest BCUT2D eigenvalue weighted by Crippen LogP contribution is 2.37. The summed E-state index contributed by atoms with van der Waals surface area (Å²) in [4.78, 5) is 17.1. The fourth-order valence-electron chi connectivity index (χ4n) is 3.05. The molecule has 3 rings (SSSR count). The number of aryl methyl sites for hydroxylation is 1. The van der Waals surface area contributed by atoms with Crippen molar-refractivity contribution in [3.05, 3.63) is 41.3 Å². The molecule has 1 aromatic carbocycles. The van der Waals surface area contributed by atoms with E-state index in [9.17, 15) is 9.18 Å². The van der Waals surface area contributed by atoms with Crippen LogP contribution in [0.15, 0.2) is 29.3 Å². The fourth-order valence-corrected chi connectivity index (χ4v) is 4.02. The van der Waals surface area contributed by atoms with Crippen LogP contribution in [0.5, 0.6) is 5.88 Å². The largest absolute Gasteiger partial charge is 0.474 e. The smallest absolute Gasteiger partial charge is 0.274 e. The van der Waals surface area contributed by atoms with Crippen molar-refractivity contribution in [2.24, 2.45) is 17.8 Å². The number of aromatic nitrogens is 2. The number of amidine groups is 1. The van der Waals surface area contributed by atoms with Gasteiger partial charge in [-0.25, -0.2) is 4.39 Å². The molecule has 10 heteroatoms. The summed E-state index contributed by atoms with van der Waals surface area (Å²) < 4.78 is 26.3. The first-order valence-electron chi connectivity index (χ1n) is 9.07. The van der Waals surface area contributed by atoms with Crippen LogP contribution in [0, 0.1) is 5.82 Å². The van der Waals surface area contributed by atoms with Crippen molar-refractivity contribution < 1.29 is 18.7 Å². The van der Waals surface area contributed by atoms with Crippen LogP contribution in [0.4, 0.5) is 10.1 Å². The number of thioether (sulfide) groups is 1. The number of hydrogen-bond donors (Lipinski definition) is 2. The van der Waals surface area contributed by atoms with Gasteiger partial charge in [-0.2, -0.15) is 0 Å². The summed E-state index contributed by atoms with van der Waals surface area (Å²) in [6.45, 7) is 2.59. The molecule has 156 valence electrons. The van der Waals surface area contributed by atoms with Gasteiger partial charge in [-0.3, -0.25) is 14.5 Å². The van der Waals surface area contributed by atoms with E-state index in [1.165, 1.54) is 28.6 Å². The first-order chi connectivity index (χ1) is 13.8. The zero-order chi connectivity index (χ0) is 21.0. The van der Waals surface area contributed by atoms with Gasteiger partial charge in [0.05, 0.1) is 12.1 Å². The second-order valence-corrected chi connectivity index (χ2v) is 7.92. The van der Waals surface area contributed by atoms with E-state index in [-0.39, 0.29) is 11.7 Å². The molecule has 0 bridgehead atoms. The van der Waals surface area contributed by atoms with Gasteiger partial charge in [-0.15, -0.1) is 5.10 Å². The third kappa shape index (κ3) is 4.88. The van der Waals surface area contributed by atoms with Crippen LogP contribution < -0.4 is 15.8 Å². The Balaban J connectivity index is 1.79. The van der Waals surface area contributed by atoms with E-state index in [1.54, 1.807) is 26.3 Å². The molecule has 0 radical (unpaired) electrons. The van der Waals surface area contributed by atoms with Crippen LogP contribution in [0.2, 0.25) is 0 Å². The van der Waals surface area contributed by atoms with Crippen LogP contribution in [-0.2, 0) is 17.3 Å². The van der Waals surface area contributed by atoms with Gasteiger partial charge in [0.1, 0.15) is 18.1 Å². The van der Waals surface area contributed by atoms with E-state index in [4.69, 9.17) is 15.2 Å². The van der Waals surface area contributed by atoms with E-state index < -0.39 is 5.54 Å². The number of carbonyl (C=O) groups is 1. The van der Waals surface area contributed by atoms with Crippen molar-refractivity contribution in [2.45, 2.75) is 18.9 Å². The molecule has 8 nitrogen and oxygen atoms in total. The highest BCUT2D eigenvalue weighted by atomic mass is 32.2. The summed E-state index contributed by atoms with van der Waals surface area (Å²) in [5.41, 5.74) is 6.24. The predicted octanol–water partition coefficient (Wildman–Crippen LogP) is 2.50. The van der Waals surface area contributed by atoms with Crippen molar-refractivity contribution in [2.75, 3.05) is 31.4 Å². The number of anilines is 1. The van der Waals surface area contributed by atoms with Gasteiger partial charge in [0.15, 0.2) is 5.17 Å². The molecule has 1 aliphatic rings. The number of carbonyl (C=O) groups excluding carboxylic acids is 1. The van der Waals surface area contributed by atoms with Crippen LogP contribution in [0.3, 0.4) is 0 Å². The minimum Gasteiger partial charge on any atom is -0.474 e. The Morgan fingerprint density at radius 3 is 2.93 bits per heavy atom. The lowest BCUT2D eigenvalue weighted by molar-refractivity contribution is 0.101. The summed E-state index contributed by atoms with van der Waals surface area (Å²) in [7, 11) is 3.22. The van der Waals surface area contributed by atoms with Crippen molar-refractivity contribution in [1.82, 2.24) is 9.78 Å². The Bertz CT molecular complexity index is 933. The highest BCUT2D eigenvalue weighted by Gasteiger charge is 2.32. The van der Waals surface area contributed by atoms with Crippen molar-refractivity contribution in [3.8, 4) is 5.88 Å². The maximum absolute atomic E-state index is 14.5. The molecule has 2 aromatic rings. The zero-order valence-electron chi connectivity index (χ0n) is 16.6. The van der Waals surface area contributed by atoms with Gasteiger partial charge in [0, 0.05) is 37.2 Å². The molecule has 29 heavy (non-hydrogen) atoms. The second-order valence-electron chi connectivity index (χ2n) is 6.80. The average molecular weight is 421 g/mol. The standard InChI is InChI=1S/C19H24FN5O3S/c1-19(6-9-29-18(21)23-19)13-10-12(4-5-14(13)20)22-17(26)15-11-16(24-25(15)2)28-8-7-27-3/h4-5,10-11H,6-9H2,1-3H3,(H2,21,23)(H,22,26)/t19-/m0/s1. The molecular formula is C19H24FN5O3S. The number of amides is 1. The van der Waals surface area contributed by atoms with Crippen LogP contribution in [0.1, 0.15) is 29.4 Å². The topological polar surface area (TPSA) is 104 Å². The summed E-state index contributed by atoms with van der Waals surface area (Å²) >= 11 is 1.45. The van der Waals surface area contributed by atoms with E-state index in [0.717, 1.165) is 5.75 Å². The first kappa shape index (κ1) is 21.1. The van der Waals surface area contributed by atoms with E-state index in [2.05, 4.69) is 15.4 Å². The van der Waals surface area contributed by atoms with Gasteiger partial charge in [0.2, 0.25) is 5.88 Å². The number of ether oxygens (including phenoxy) is 2. The number of rotatable bonds is 7. The lowest BCUT2D eigenvalue weighted by atomic mass is 9.89. The van der Waals surface area contributed by atoms with Gasteiger partial charge in [0.25, 0.3) is 5.91 Å². The molecule has 0 spiro atoms. The minimum atomic E-state index is -0.769. The number of nitrogens with one attached hydrogen (secondary N) is 1. The Kier molecular flexibility index (Phi) is 6.43. The van der Waals surface area contributed by atoms with Gasteiger partial charge >= 0.3 is 0 Å². The van der Waals surface area contributed by atoms with E-state index in [0.29, 0.717) is 47.6 Å². The molecule has 0 aliphatic carbocycles. The summed E-state index contributed by atoms with van der Waals surface area (Å²) in [5, 5.41) is 7.37. The summed E-state index contributed by atoms with van der Waals surface area (Å²) in [5.74, 6) is 0.310. The molecule has 1 aliphatic heterocycles. The molecule has 2 heterocycles. The highest BCUT2D eigenvalue weighted by molar-refractivity contribution is 8.13. The molecular weight excluding hydrogens is 397 g/mol. The SMILES string of the molecule is COCCOc1cc(C(=O)Nc2ccc(F)c([C@]3(C)CCSC(N)=N3)c2)n(C)n1. The van der Waals surface area contributed by atoms with E-state index >= 15 is 0 Å². The third-order valence-corrected chi connectivity index (χ3v) is 5.42. The number of nitrogens with zero attached hydrogens (tertiary/aromatic N) is 3. The number of halogens is 1. The van der Waals surface area contributed by atoms with Crippen molar-refractivity contribution >= 4 is 28.5 Å². The number of benzene rings is 1. The minimum absolute atomic E-state index is 0.311. The Labute approximate surface area is 172 Å². The predicted molar refractivity (Wildman–Crippen MR) is 111 cm³/mol.